The van der Waals surface area contributed by atoms with E-state index >= 15 is 0 Å². The lowest BCUT2D eigenvalue weighted by Crippen LogP contribution is -2.29. The van der Waals surface area contributed by atoms with Crippen LogP contribution in [-0.2, 0) is 17.6 Å². The summed E-state index contributed by atoms with van der Waals surface area (Å²) in [6.45, 7) is 6.74. The van der Waals surface area contributed by atoms with Crippen LogP contribution in [0.5, 0.6) is 11.5 Å². The highest BCUT2D eigenvalue weighted by molar-refractivity contribution is 7.16. The highest BCUT2D eigenvalue weighted by Crippen LogP contribution is 2.37. The van der Waals surface area contributed by atoms with Gasteiger partial charge in [-0.25, -0.2) is 4.98 Å². The van der Waals surface area contributed by atoms with Gasteiger partial charge in [0.2, 0.25) is 12.7 Å². The Morgan fingerprint density at radius 3 is 2.82 bits per heavy atom. The fraction of sp³-hybridized carbons (Fsp3) is 0.286. The minimum Gasteiger partial charge on any atom is -0.454 e. The Morgan fingerprint density at radius 1 is 1.13 bits per heavy atom. The number of thiazole rings is 1. The molecule has 0 saturated carbocycles. The van der Waals surface area contributed by atoms with Gasteiger partial charge in [-0.2, -0.15) is 0 Å². The molecular weight excluding hydrogens is 504 g/mol. The summed E-state index contributed by atoms with van der Waals surface area (Å²) in [4.78, 5) is 33.4. The maximum atomic E-state index is 13.3. The molecule has 0 atom stereocenters. The van der Waals surface area contributed by atoms with Crippen molar-refractivity contribution in [1.82, 2.24) is 10.1 Å². The van der Waals surface area contributed by atoms with E-state index in [0.29, 0.717) is 34.5 Å². The number of carbonyl (C=O) groups excluding carboxylic acids is 2. The number of fused-ring (bicyclic) bond motifs is 2. The Kier molecular flexibility index (Phi) is 6.11. The molecule has 2 aromatic heterocycles. The number of aryl methyl sites for hydroxylation is 1. The first-order valence-electron chi connectivity index (χ1n) is 12.4. The first-order chi connectivity index (χ1) is 18.4. The molecule has 0 spiro atoms. The van der Waals surface area contributed by atoms with E-state index in [4.69, 9.17) is 19.0 Å². The number of amides is 2. The number of rotatable bonds is 6. The van der Waals surface area contributed by atoms with Crippen LogP contribution in [0.25, 0.3) is 11.3 Å². The molecule has 9 nitrogen and oxygen atoms in total. The van der Waals surface area contributed by atoms with Gasteiger partial charge in [0.1, 0.15) is 5.56 Å². The third-order valence-corrected chi connectivity index (χ3v) is 7.58. The van der Waals surface area contributed by atoms with Gasteiger partial charge in [-0.1, -0.05) is 31.1 Å². The van der Waals surface area contributed by atoms with Crippen LogP contribution >= 0.6 is 11.3 Å². The van der Waals surface area contributed by atoms with Crippen molar-refractivity contribution in [3.8, 4) is 22.8 Å². The van der Waals surface area contributed by atoms with Crippen molar-refractivity contribution in [1.29, 1.82) is 0 Å². The van der Waals surface area contributed by atoms with Crippen LogP contribution in [0, 0.1) is 6.92 Å². The van der Waals surface area contributed by atoms with E-state index in [1.165, 1.54) is 17.5 Å². The molecule has 2 aliphatic heterocycles. The normalized spacial score (nSPS) is 13.7. The van der Waals surface area contributed by atoms with Crippen LogP contribution in [0.2, 0.25) is 0 Å². The van der Waals surface area contributed by atoms with Crippen LogP contribution in [0.15, 0.2) is 47.1 Å². The SMILES string of the molecule is Cc1sc(NC(=O)Cc2ccc3c(c2)OCO3)nc1-c1ccc2c(c1)CCN2C(=O)c1cnoc1C(C)C. The Bertz CT molecular complexity index is 1560. The van der Waals surface area contributed by atoms with Crippen molar-refractivity contribution in [2.45, 2.75) is 39.5 Å². The number of aromatic nitrogens is 2. The highest BCUT2D eigenvalue weighted by Gasteiger charge is 2.30. The topological polar surface area (TPSA) is 107 Å². The number of nitrogens with one attached hydrogen (secondary N) is 1. The van der Waals surface area contributed by atoms with Crippen LogP contribution in [0.1, 0.15) is 51.9 Å². The molecular formula is C28H26N4O5S. The second-order valence-electron chi connectivity index (χ2n) is 9.65. The maximum absolute atomic E-state index is 13.3. The monoisotopic (exact) mass is 530 g/mol. The number of hydrogen-bond acceptors (Lipinski definition) is 8. The zero-order valence-corrected chi connectivity index (χ0v) is 22.1. The number of hydrogen-bond donors (Lipinski definition) is 1. The van der Waals surface area contributed by atoms with E-state index < -0.39 is 0 Å². The van der Waals surface area contributed by atoms with Crippen LogP contribution in [0.4, 0.5) is 10.8 Å². The quantitative estimate of drug-likeness (QED) is 0.358. The molecule has 4 aromatic rings. The summed E-state index contributed by atoms with van der Waals surface area (Å²) in [6.07, 6.45) is 2.46. The summed E-state index contributed by atoms with van der Waals surface area (Å²) in [5, 5.41) is 7.32. The molecule has 0 radical (unpaired) electrons. The third kappa shape index (κ3) is 4.41. The number of benzene rings is 2. The number of carbonyl (C=O) groups is 2. The molecule has 2 amide bonds. The predicted molar refractivity (Wildman–Crippen MR) is 143 cm³/mol. The first-order valence-corrected chi connectivity index (χ1v) is 13.2. The van der Waals surface area contributed by atoms with Gasteiger partial charge in [0.05, 0.1) is 18.3 Å². The average Bonchev–Trinajstić information content (AvgIpc) is 3.68. The van der Waals surface area contributed by atoms with Crippen molar-refractivity contribution in [2.75, 3.05) is 23.6 Å². The van der Waals surface area contributed by atoms with Crippen LogP contribution < -0.4 is 19.7 Å². The van der Waals surface area contributed by atoms with Crippen LogP contribution in [0.3, 0.4) is 0 Å². The third-order valence-electron chi connectivity index (χ3n) is 6.69. The summed E-state index contributed by atoms with van der Waals surface area (Å²) in [7, 11) is 0. The fourth-order valence-electron chi connectivity index (χ4n) is 4.85. The minimum atomic E-state index is -0.151. The lowest BCUT2D eigenvalue weighted by Gasteiger charge is -2.17. The second-order valence-corrected chi connectivity index (χ2v) is 10.8. The largest absolute Gasteiger partial charge is 0.454 e. The second kappa shape index (κ2) is 9.60. The molecule has 0 bridgehead atoms. The Hall–Kier alpha value is -4.18. The summed E-state index contributed by atoms with van der Waals surface area (Å²) in [5.74, 6) is 1.77. The lowest BCUT2D eigenvalue weighted by atomic mass is 10.0. The smallest absolute Gasteiger partial charge is 0.263 e. The molecule has 38 heavy (non-hydrogen) atoms. The number of nitrogens with zero attached hydrogens (tertiary/aromatic N) is 3. The molecule has 4 heterocycles. The number of anilines is 2. The molecule has 0 fully saturated rings. The zero-order valence-electron chi connectivity index (χ0n) is 21.2. The summed E-state index contributed by atoms with van der Waals surface area (Å²) < 4.78 is 16.0. The molecule has 1 N–H and O–H groups in total. The van der Waals surface area contributed by atoms with Gasteiger partial charge in [0.15, 0.2) is 22.4 Å². The van der Waals surface area contributed by atoms with Gasteiger partial charge >= 0.3 is 0 Å². The van der Waals surface area contributed by atoms with E-state index in [1.807, 2.05) is 51.1 Å². The van der Waals surface area contributed by atoms with Gasteiger partial charge < -0.3 is 24.2 Å². The number of ether oxygens (including phenoxy) is 2. The van der Waals surface area contributed by atoms with E-state index in [0.717, 1.165) is 39.4 Å². The van der Waals surface area contributed by atoms with Crippen molar-refractivity contribution in [3.63, 3.8) is 0 Å². The van der Waals surface area contributed by atoms with E-state index in [2.05, 4.69) is 16.5 Å². The minimum absolute atomic E-state index is 0.0697. The Morgan fingerprint density at radius 2 is 1.97 bits per heavy atom. The van der Waals surface area contributed by atoms with Crippen molar-refractivity contribution in [2.24, 2.45) is 0 Å². The van der Waals surface area contributed by atoms with E-state index in [-0.39, 0.29) is 30.9 Å². The summed E-state index contributed by atoms with van der Waals surface area (Å²) in [5.41, 5.74) is 5.09. The Balaban J connectivity index is 1.17. The van der Waals surface area contributed by atoms with Crippen molar-refractivity contribution in [3.05, 3.63) is 69.9 Å². The van der Waals surface area contributed by atoms with Crippen molar-refractivity contribution >= 4 is 34.0 Å². The highest BCUT2D eigenvalue weighted by atomic mass is 32.1. The van der Waals surface area contributed by atoms with Gasteiger partial charge in [0.25, 0.3) is 5.91 Å². The molecule has 2 aromatic carbocycles. The molecule has 10 heteroatoms. The fourth-order valence-corrected chi connectivity index (χ4v) is 5.70. The standard InChI is InChI=1S/C28H26N4O5S/c1-15(2)26-20(13-29-37-26)27(34)32-9-8-18-12-19(5-6-21(18)32)25-16(3)38-28(31-25)30-24(33)11-17-4-7-22-23(10-17)36-14-35-22/h4-7,10,12-13,15H,8-9,11,14H2,1-3H3,(H,30,31,33). The van der Waals surface area contributed by atoms with Crippen molar-refractivity contribution < 1.29 is 23.6 Å². The maximum Gasteiger partial charge on any atom is 0.263 e. The van der Waals surface area contributed by atoms with Gasteiger partial charge in [-0.05, 0) is 48.7 Å². The van der Waals surface area contributed by atoms with E-state index in [9.17, 15) is 9.59 Å². The zero-order chi connectivity index (χ0) is 26.4. The molecule has 0 aliphatic carbocycles. The predicted octanol–water partition coefficient (Wildman–Crippen LogP) is 5.34. The van der Waals surface area contributed by atoms with Gasteiger partial charge in [-0.15, -0.1) is 11.3 Å². The summed E-state index contributed by atoms with van der Waals surface area (Å²) in [6, 6.07) is 11.5. The van der Waals surface area contributed by atoms with Gasteiger partial charge in [0, 0.05) is 28.6 Å². The van der Waals surface area contributed by atoms with Gasteiger partial charge in [-0.3, -0.25) is 9.59 Å². The molecule has 0 saturated heterocycles. The Labute approximate surface area is 223 Å². The van der Waals surface area contributed by atoms with Crippen LogP contribution in [-0.4, -0.2) is 35.3 Å². The average molecular weight is 531 g/mol. The van der Waals surface area contributed by atoms with E-state index in [1.54, 1.807) is 4.90 Å². The first kappa shape index (κ1) is 24.2. The molecule has 194 valence electrons. The molecule has 0 unspecified atom stereocenters. The lowest BCUT2D eigenvalue weighted by molar-refractivity contribution is -0.115. The summed E-state index contributed by atoms with van der Waals surface area (Å²) >= 11 is 1.44. The molecule has 6 rings (SSSR count). The molecule has 2 aliphatic rings.